The molecular weight excluding hydrogens is 347 g/mol. The topological polar surface area (TPSA) is 32.3 Å². The SMILES string of the molecule is O=C(CSc1ccc(F)cc1)NCC1CCN(Cc2ccccc2)CC1. The predicted octanol–water partition coefficient (Wildman–Crippen LogP) is 3.95. The Balaban J connectivity index is 1.32. The molecule has 0 atom stereocenters. The largest absolute Gasteiger partial charge is 0.355 e. The minimum Gasteiger partial charge on any atom is -0.355 e. The number of amides is 1. The molecule has 2 aromatic rings. The highest BCUT2D eigenvalue weighted by atomic mass is 32.2. The molecule has 0 saturated carbocycles. The van der Waals surface area contributed by atoms with Gasteiger partial charge in [0.25, 0.3) is 0 Å². The summed E-state index contributed by atoms with van der Waals surface area (Å²) < 4.78 is 12.9. The molecule has 138 valence electrons. The van der Waals surface area contributed by atoms with Crippen molar-refractivity contribution in [1.29, 1.82) is 0 Å². The first-order chi connectivity index (χ1) is 12.7. The Hall–Kier alpha value is -1.85. The number of hydrogen-bond acceptors (Lipinski definition) is 3. The molecule has 3 rings (SSSR count). The Morgan fingerprint density at radius 2 is 1.77 bits per heavy atom. The number of thioether (sulfide) groups is 1. The molecule has 0 radical (unpaired) electrons. The highest BCUT2D eigenvalue weighted by molar-refractivity contribution is 8.00. The number of halogens is 1. The maximum Gasteiger partial charge on any atom is 0.230 e. The average Bonchev–Trinajstić information content (AvgIpc) is 2.68. The first-order valence-corrected chi connectivity index (χ1v) is 10.1. The van der Waals surface area contributed by atoms with Gasteiger partial charge in [0.05, 0.1) is 5.75 Å². The maximum absolute atomic E-state index is 12.9. The van der Waals surface area contributed by atoms with Gasteiger partial charge in [0.15, 0.2) is 0 Å². The van der Waals surface area contributed by atoms with Crippen molar-refractivity contribution in [2.45, 2.75) is 24.3 Å². The summed E-state index contributed by atoms with van der Waals surface area (Å²) in [4.78, 5) is 15.4. The number of nitrogens with zero attached hydrogens (tertiary/aromatic N) is 1. The predicted molar refractivity (Wildman–Crippen MR) is 105 cm³/mol. The summed E-state index contributed by atoms with van der Waals surface area (Å²) in [5.41, 5.74) is 1.36. The zero-order valence-electron chi connectivity index (χ0n) is 14.9. The third-order valence-electron chi connectivity index (χ3n) is 4.73. The second kappa shape index (κ2) is 9.74. The molecule has 5 heteroatoms. The number of rotatable bonds is 7. The second-order valence-corrected chi connectivity index (χ2v) is 7.80. The number of carbonyl (C=O) groups excluding carboxylic acids is 1. The zero-order chi connectivity index (χ0) is 18.2. The van der Waals surface area contributed by atoms with Gasteiger partial charge in [-0.3, -0.25) is 9.69 Å². The standard InChI is InChI=1S/C21H25FN2OS/c22-19-6-8-20(9-7-19)26-16-21(25)23-14-17-10-12-24(13-11-17)15-18-4-2-1-3-5-18/h1-9,17H,10-16H2,(H,23,25). The van der Waals surface area contributed by atoms with Crippen LogP contribution in [0.2, 0.25) is 0 Å². The number of benzene rings is 2. The van der Waals surface area contributed by atoms with E-state index in [0.29, 0.717) is 11.7 Å². The number of likely N-dealkylation sites (tertiary alicyclic amines) is 1. The quantitative estimate of drug-likeness (QED) is 0.747. The summed E-state index contributed by atoms with van der Waals surface area (Å²) in [6.07, 6.45) is 2.25. The first-order valence-electron chi connectivity index (χ1n) is 9.10. The van der Waals surface area contributed by atoms with E-state index in [0.717, 1.165) is 43.9 Å². The number of piperidine rings is 1. The van der Waals surface area contributed by atoms with Gasteiger partial charge < -0.3 is 5.32 Å². The van der Waals surface area contributed by atoms with Crippen LogP contribution in [0.5, 0.6) is 0 Å². The van der Waals surface area contributed by atoms with Crippen LogP contribution in [-0.2, 0) is 11.3 Å². The molecule has 26 heavy (non-hydrogen) atoms. The zero-order valence-corrected chi connectivity index (χ0v) is 15.7. The Morgan fingerprint density at radius 3 is 2.46 bits per heavy atom. The molecule has 2 aromatic carbocycles. The van der Waals surface area contributed by atoms with Gasteiger partial charge in [-0.2, -0.15) is 0 Å². The molecule has 1 aliphatic heterocycles. The van der Waals surface area contributed by atoms with Crippen LogP contribution in [0.15, 0.2) is 59.5 Å². The smallest absolute Gasteiger partial charge is 0.230 e. The van der Waals surface area contributed by atoms with Crippen molar-refractivity contribution in [3.63, 3.8) is 0 Å². The van der Waals surface area contributed by atoms with Gasteiger partial charge in [-0.25, -0.2) is 4.39 Å². The summed E-state index contributed by atoms with van der Waals surface area (Å²) in [5, 5.41) is 3.05. The van der Waals surface area contributed by atoms with E-state index >= 15 is 0 Å². The van der Waals surface area contributed by atoms with E-state index in [2.05, 4.69) is 34.5 Å². The summed E-state index contributed by atoms with van der Waals surface area (Å²) >= 11 is 1.44. The van der Waals surface area contributed by atoms with E-state index in [1.54, 1.807) is 12.1 Å². The number of nitrogens with one attached hydrogen (secondary N) is 1. The second-order valence-electron chi connectivity index (χ2n) is 6.75. The van der Waals surface area contributed by atoms with Crippen molar-refractivity contribution in [1.82, 2.24) is 10.2 Å². The summed E-state index contributed by atoms with van der Waals surface area (Å²) in [7, 11) is 0. The van der Waals surface area contributed by atoms with E-state index in [-0.39, 0.29) is 11.7 Å². The summed E-state index contributed by atoms with van der Waals surface area (Å²) in [5.74, 6) is 0.726. The van der Waals surface area contributed by atoms with Gasteiger partial charge >= 0.3 is 0 Å². The molecule has 0 unspecified atom stereocenters. The normalized spacial score (nSPS) is 15.7. The molecule has 1 heterocycles. The monoisotopic (exact) mass is 372 g/mol. The van der Waals surface area contributed by atoms with Crippen LogP contribution >= 0.6 is 11.8 Å². The fourth-order valence-electron chi connectivity index (χ4n) is 3.18. The Morgan fingerprint density at radius 1 is 1.08 bits per heavy atom. The lowest BCUT2D eigenvalue weighted by molar-refractivity contribution is -0.118. The minimum absolute atomic E-state index is 0.0473. The van der Waals surface area contributed by atoms with Crippen LogP contribution < -0.4 is 5.32 Å². The van der Waals surface area contributed by atoms with Gasteiger partial charge in [-0.15, -0.1) is 11.8 Å². The molecule has 0 aliphatic carbocycles. The highest BCUT2D eigenvalue weighted by Gasteiger charge is 2.19. The fraction of sp³-hybridized carbons (Fsp3) is 0.381. The van der Waals surface area contributed by atoms with E-state index in [1.165, 1.54) is 29.5 Å². The molecule has 0 aromatic heterocycles. The minimum atomic E-state index is -0.252. The van der Waals surface area contributed by atoms with Gasteiger partial charge in [0, 0.05) is 18.0 Å². The molecule has 0 spiro atoms. The third-order valence-corrected chi connectivity index (χ3v) is 5.74. The molecular formula is C21H25FN2OS. The van der Waals surface area contributed by atoms with Crippen molar-refractivity contribution in [3.05, 3.63) is 66.0 Å². The molecule has 1 aliphatic rings. The van der Waals surface area contributed by atoms with Crippen molar-refractivity contribution in [3.8, 4) is 0 Å². The van der Waals surface area contributed by atoms with Crippen LogP contribution in [0, 0.1) is 11.7 Å². The summed E-state index contributed by atoms with van der Waals surface area (Å²) in [6.45, 7) is 3.93. The van der Waals surface area contributed by atoms with Crippen molar-refractivity contribution < 1.29 is 9.18 Å². The van der Waals surface area contributed by atoms with Gasteiger partial charge in [-0.05, 0) is 61.7 Å². The maximum atomic E-state index is 12.9. The molecule has 0 bridgehead atoms. The molecule has 1 amide bonds. The van der Waals surface area contributed by atoms with Crippen molar-refractivity contribution in [2.75, 3.05) is 25.4 Å². The third kappa shape index (κ3) is 6.15. The van der Waals surface area contributed by atoms with Crippen molar-refractivity contribution in [2.24, 2.45) is 5.92 Å². The molecule has 1 saturated heterocycles. The van der Waals surface area contributed by atoms with Crippen molar-refractivity contribution >= 4 is 17.7 Å². The van der Waals surface area contributed by atoms with E-state index in [4.69, 9.17) is 0 Å². The molecule has 1 fully saturated rings. The first kappa shape index (κ1) is 18.9. The Kier molecular flexibility index (Phi) is 7.09. The molecule has 1 N–H and O–H groups in total. The van der Waals surface area contributed by atoms with E-state index in [1.807, 2.05) is 6.07 Å². The van der Waals surface area contributed by atoms with Gasteiger partial charge in [-0.1, -0.05) is 30.3 Å². The van der Waals surface area contributed by atoms with E-state index in [9.17, 15) is 9.18 Å². The molecule has 3 nitrogen and oxygen atoms in total. The van der Waals surface area contributed by atoms with Gasteiger partial charge in [0.2, 0.25) is 5.91 Å². The Labute approximate surface area is 159 Å². The van der Waals surface area contributed by atoms with E-state index < -0.39 is 0 Å². The lowest BCUT2D eigenvalue weighted by Crippen LogP contribution is -2.38. The lowest BCUT2D eigenvalue weighted by Gasteiger charge is -2.32. The lowest BCUT2D eigenvalue weighted by atomic mass is 9.96. The number of carbonyl (C=O) groups is 1. The Bertz CT molecular complexity index is 685. The van der Waals surface area contributed by atoms with Gasteiger partial charge in [0.1, 0.15) is 5.82 Å². The fourth-order valence-corrected chi connectivity index (χ4v) is 3.91. The van der Waals surface area contributed by atoms with Crippen LogP contribution in [0.4, 0.5) is 4.39 Å². The summed E-state index contributed by atoms with van der Waals surface area (Å²) in [6, 6.07) is 16.8. The average molecular weight is 373 g/mol. The van der Waals surface area contributed by atoms with Crippen LogP contribution in [0.3, 0.4) is 0 Å². The number of hydrogen-bond donors (Lipinski definition) is 1. The van der Waals surface area contributed by atoms with Crippen LogP contribution in [0.1, 0.15) is 18.4 Å². The van der Waals surface area contributed by atoms with Crippen LogP contribution in [-0.4, -0.2) is 36.2 Å². The highest BCUT2D eigenvalue weighted by Crippen LogP contribution is 2.20. The van der Waals surface area contributed by atoms with Crippen LogP contribution in [0.25, 0.3) is 0 Å².